The minimum absolute atomic E-state index is 0.0713. The third-order valence-electron chi connectivity index (χ3n) is 2.05. The van der Waals surface area contributed by atoms with Crippen LogP contribution in [0.2, 0.25) is 0 Å². The van der Waals surface area contributed by atoms with E-state index in [0.29, 0.717) is 6.54 Å². The van der Waals surface area contributed by atoms with Crippen LogP contribution < -0.4 is 5.73 Å². The Bertz CT molecular complexity index is 199. The van der Waals surface area contributed by atoms with Gasteiger partial charge in [-0.15, -0.1) is 0 Å². The van der Waals surface area contributed by atoms with Crippen LogP contribution in [0.4, 0.5) is 0 Å². The van der Waals surface area contributed by atoms with Crippen molar-refractivity contribution in [3.05, 3.63) is 11.8 Å². The molecule has 0 radical (unpaired) electrons. The third kappa shape index (κ3) is 2.08. The van der Waals surface area contributed by atoms with Crippen molar-refractivity contribution in [1.29, 1.82) is 0 Å². The van der Waals surface area contributed by atoms with Gasteiger partial charge in [0.25, 0.3) is 0 Å². The lowest BCUT2D eigenvalue weighted by Crippen LogP contribution is -2.23. The van der Waals surface area contributed by atoms with Gasteiger partial charge in [-0.05, 0) is 12.8 Å². The van der Waals surface area contributed by atoms with Crippen molar-refractivity contribution in [3.8, 4) is 0 Å². The van der Waals surface area contributed by atoms with E-state index < -0.39 is 0 Å². The van der Waals surface area contributed by atoms with Crippen molar-refractivity contribution in [2.75, 3.05) is 13.2 Å². The Morgan fingerprint density at radius 1 is 1.83 bits per heavy atom. The molecule has 0 aromatic carbocycles. The Balaban J connectivity index is 2.56. The number of allylic oxidation sites excluding steroid dienone is 1. The summed E-state index contributed by atoms with van der Waals surface area (Å²) in [6.07, 6.45) is 3.36. The molecule has 3 nitrogen and oxygen atoms in total. The summed E-state index contributed by atoms with van der Waals surface area (Å²) in [5.41, 5.74) is 6.18. The summed E-state index contributed by atoms with van der Waals surface area (Å²) < 4.78 is 5.07. The first-order chi connectivity index (χ1) is 5.75. The Morgan fingerprint density at radius 2 is 2.58 bits per heavy atom. The maximum atomic E-state index is 11.5. The molecule has 0 saturated carbocycles. The van der Waals surface area contributed by atoms with Crippen molar-refractivity contribution in [2.24, 2.45) is 11.7 Å². The average Bonchev–Trinajstić information content (AvgIpc) is 2.17. The van der Waals surface area contributed by atoms with Crippen LogP contribution in [0.1, 0.15) is 19.8 Å². The van der Waals surface area contributed by atoms with Crippen LogP contribution in [0.5, 0.6) is 0 Å². The summed E-state index contributed by atoms with van der Waals surface area (Å²) in [6.45, 7) is 2.99. The van der Waals surface area contributed by atoms with Gasteiger partial charge in [-0.25, -0.2) is 0 Å². The fourth-order valence-corrected chi connectivity index (χ4v) is 1.17. The zero-order valence-corrected chi connectivity index (χ0v) is 7.38. The molecule has 2 N–H and O–H groups in total. The summed E-state index contributed by atoms with van der Waals surface area (Å²) in [5.74, 6) is 0.0650. The van der Waals surface area contributed by atoms with Gasteiger partial charge in [-0.1, -0.05) is 6.92 Å². The molecule has 0 bridgehead atoms. The number of carbonyl (C=O) groups excluding carboxylic acids is 1. The number of hydrogen-bond donors (Lipinski definition) is 1. The van der Waals surface area contributed by atoms with Crippen LogP contribution in [-0.4, -0.2) is 18.9 Å². The summed E-state index contributed by atoms with van der Waals surface area (Å²) in [6, 6.07) is 0. The molecule has 1 rings (SSSR count). The van der Waals surface area contributed by atoms with E-state index >= 15 is 0 Å². The number of ketones is 1. The molecule has 0 spiro atoms. The van der Waals surface area contributed by atoms with Gasteiger partial charge in [0.15, 0.2) is 5.78 Å². The Morgan fingerprint density at radius 3 is 3.08 bits per heavy atom. The van der Waals surface area contributed by atoms with Crippen LogP contribution >= 0.6 is 0 Å². The fraction of sp³-hybridized carbons (Fsp3) is 0.667. The molecule has 0 fully saturated rings. The van der Waals surface area contributed by atoms with Crippen LogP contribution in [0.15, 0.2) is 11.8 Å². The largest absolute Gasteiger partial charge is 0.501 e. The van der Waals surface area contributed by atoms with Crippen LogP contribution in [-0.2, 0) is 9.53 Å². The maximum absolute atomic E-state index is 11.5. The molecule has 1 aliphatic rings. The monoisotopic (exact) mass is 169 g/mol. The van der Waals surface area contributed by atoms with Crippen molar-refractivity contribution in [1.82, 2.24) is 0 Å². The second kappa shape index (κ2) is 4.26. The Hall–Kier alpha value is -0.830. The lowest BCUT2D eigenvalue weighted by Gasteiger charge is -2.15. The van der Waals surface area contributed by atoms with Crippen molar-refractivity contribution < 1.29 is 9.53 Å². The minimum Gasteiger partial charge on any atom is -0.501 e. The zero-order valence-electron chi connectivity index (χ0n) is 7.38. The van der Waals surface area contributed by atoms with Gasteiger partial charge in [-0.2, -0.15) is 0 Å². The van der Waals surface area contributed by atoms with E-state index in [4.69, 9.17) is 10.5 Å². The Labute approximate surface area is 72.6 Å². The molecule has 1 unspecified atom stereocenters. The topological polar surface area (TPSA) is 52.3 Å². The quantitative estimate of drug-likeness (QED) is 0.681. The van der Waals surface area contributed by atoms with E-state index in [1.807, 2.05) is 6.92 Å². The molecule has 68 valence electrons. The molecule has 1 heterocycles. The SMILES string of the molecule is CC(CN)C(=O)C1=COCCC1. The molecule has 12 heavy (non-hydrogen) atoms. The van der Waals surface area contributed by atoms with Gasteiger partial charge in [0.2, 0.25) is 0 Å². The summed E-state index contributed by atoms with van der Waals surface area (Å²) in [4.78, 5) is 11.5. The number of hydrogen-bond acceptors (Lipinski definition) is 3. The highest BCUT2D eigenvalue weighted by Gasteiger charge is 2.18. The average molecular weight is 169 g/mol. The molecule has 0 amide bonds. The standard InChI is InChI=1S/C9H15NO2/c1-7(5-10)9(11)8-3-2-4-12-6-8/h6-7H,2-5,10H2,1H3. The van der Waals surface area contributed by atoms with Crippen LogP contribution in [0.25, 0.3) is 0 Å². The van der Waals surface area contributed by atoms with Gasteiger partial charge >= 0.3 is 0 Å². The van der Waals surface area contributed by atoms with Gasteiger partial charge in [0, 0.05) is 18.0 Å². The predicted molar refractivity (Wildman–Crippen MR) is 46.5 cm³/mol. The van der Waals surface area contributed by atoms with Crippen LogP contribution in [0.3, 0.4) is 0 Å². The molecular weight excluding hydrogens is 154 g/mol. The fourth-order valence-electron chi connectivity index (χ4n) is 1.17. The number of carbonyl (C=O) groups is 1. The molecule has 1 aliphatic heterocycles. The summed E-state index contributed by atoms with van der Waals surface area (Å²) in [7, 11) is 0. The second-order valence-electron chi connectivity index (χ2n) is 3.12. The van der Waals surface area contributed by atoms with Gasteiger partial charge in [0.05, 0.1) is 12.9 Å². The summed E-state index contributed by atoms with van der Waals surface area (Å²) in [5, 5.41) is 0. The molecule has 3 heteroatoms. The lowest BCUT2D eigenvalue weighted by molar-refractivity contribution is -0.118. The molecule has 1 atom stereocenters. The number of ether oxygens (including phenoxy) is 1. The van der Waals surface area contributed by atoms with Gasteiger partial charge in [0.1, 0.15) is 0 Å². The Kier molecular flexibility index (Phi) is 3.29. The third-order valence-corrected chi connectivity index (χ3v) is 2.05. The first-order valence-electron chi connectivity index (χ1n) is 4.30. The second-order valence-corrected chi connectivity index (χ2v) is 3.12. The molecule has 0 aromatic heterocycles. The van der Waals surface area contributed by atoms with Crippen LogP contribution in [0, 0.1) is 5.92 Å². The summed E-state index contributed by atoms with van der Waals surface area (Å²) >= 11 is 0. The first-order valence-corrected chi connectivity index (χ1v) is 4.30. The van der Waals surface area contributed by atoms with E-state index in [1.54, 1.807) is 6.26 Å². The lowest BCUT2D eigenvalue weighted by atomic mass is 9.96. The highest BCUT2D eigenvalue weighted by Crippen LogP contribution is 2.16. The van der Waals surface area contributed by atoms with E-state index in [-0.39, 0.29) is 11.7 Å². The van der Waals surface area contributed by atoms with E-state index in [1.165, 1.54) is 0 Å². The normalized spacial score (nSPS) is 19.3. The minimum atomic E-state index is -0.0713. The first kappa shape index (κ1) is 9.26. The van der Waals surface area contributed by atoms with Crippen molar-refractivity contribution >= 4 is 5.78 Å². The predicted octanol–water partition coefficient (Wildman–Crippen LogP) is 0.845. The number of Topliss-reactive ketones (excluding diaryl/α,β-unsaturated/α-hetero) is 1. The molecule has 0 aliphatic carbocycles. The molecule has 0 aromatic rings. The van der Waals surface area contributed by atoms with Gasteiger partial charge in [-0.3, -0.25) is 4.79 Å². The van der Waals surface area contributed by atoms with Gasteiger partial charge < -0.3 is 10.5 Å². The number of nitrogens with two attached hydrogens (primary N) is 1. The van der Waals surface area contributed by atoms with Crippen molar-refractivity contribution in [3.63, 3.8) is 0 Å². The van der Waals surface area contributed by atoms with E-state index in [2.05, 4.69) is 0 Å². The van der Waals surface area contributed by atoms with E-state index in [0.717, 1.165) is 25.0 Å². The van der Waals surface area contributed by atoms with E-state index in [9.17, 15) is 4.79 Å². The van der Waals surface area contributed by atoms with Crippen molar-refractivity contribution in [2.45, 2.75) is 19.8 Å². The smallest absolute Gasteiger partial charge is 0.165 e. The molecular formula is C9H15NO2. The maximum Gasteiger partial charge on any atom is 0.165 e. The highest BCUT2D eigenvalue weighted by molar-refractivity contribution is 5.96. The number of rotatable bonds is 3. The molecule has 0 saturated heterocycles. The highest BCUT2D eigenvalue weighted by atomic mass is 16.5. The zero-order chi connectivity index (χ0) is 8.97.